The van der Waals surface area contributed by atoms with Gasteiger partial charge < -0.3 is 9.80 Å². The van der Waals surface area contributed by atoms with Gasteiger partial charge in [0.25, 0.3) is 0 Å². The third-order valence-corrected chi connectivity index (χ3v) is 5.86. The summed E-state index contributed by atoms with van der Waals surface area (Å²) in [6.07, 6.45) is 3.78. The molecule has 3 aromatic heterocycles. The molecule has 0 radical (unpaired) electrons. The maximum atomic E-state index is 4.88. The molecule has 25 heavy (non-hydrogen) atoms. The van der Waals surface area contributed by atoms with Gasteiger partial charge in [-0.1, -0.05) is 19.9 Å². The van der Waals surface area contributed by atoms with Gasteiger partial charge in [-0.2, -0.15) is 0 Å². The summed E-state index contributed by atoms with van der Waals surface area (Å²) in [5.74, 6) is 3.12. The SMILES string of the molecule is CCc1nc(N2CCN(c3ccccn3)CC2)c2cc(CC)sc2n1. The molecule has 0 bridgehead atoms. The summed E-state index contributed by atoms with van der Waals surface area (Å²) < 4.78 is 0. The summed E-state index contributed by atoms with van der Waals surface area (Å²) in [6, 6.07) is 8.37. The monoisotopic (exact) mass is 353 g/mol. The number of aromatic nitrogens is 3. The second-order valence-corrected chi connectivity index (χ2v) is 7.38. The molecular formula is C19H23N5S. The van der Waals surface area contributed by atoms with Gasteiger partial charge in [0, 0.05) is 43.7 Å². The summed E-state index contributed by atoms with van der Waals surface area (Å²) in [5.41, 5.74) is 0. The van der Waals surface area contributed by atoms with E-state index in [2.05, 4.69) is 40.8 Å². The van der Waals surface area contributed by atoms with Crippen molar-refractivity contribution in [3.05, 3.63) is 41.2 Å². The molecule has 6 heteroatoms. The van der Waals surface area contributed by atoms with Crippen LogP contribution in [0, 0.1) is 0 Å². The Hall–Kier alpha value is -2.21. The number of nitrogens with zero attached hydrogens (tertiary/aromatic N) is 5. The Kier molecular flexibility index (Phi) is 4.53. The van der Waals surface area contributed by atoms with Crippen molar-refractivity contribution in [1.82, 2.24) is 15.0 Å². The molecule has 4 rings (SSSR count). The first-order valence-electron chi connectivity index (χ1n) is 8.98. The zero-order valence-electron chi connectivity index (χ0n) is 14.8. The van der Waals surface area contributed by atoms with Crippen LogP contribution in [0.3, 0.4) is 0 Å². The third kappa shape index (κ3) is 3.18. The van der Waals surface area contributed by atoms with Crippen LogP contribution in [-0.2, 0) is 12.8 Å². The minimum atomic E-state index is 0.871. The van der Waals surface area contributed by atoms with Crippen LogP contribution in [-0.4, -0.2) is 41.1 Å². The number of aryl methyl sites for hydroxylation is 2. The summed E-state index contributed by atoms with van der Waals surface area (Å²) in [6.45, 7) is 8.18. The Balaban J connectivity index is 1.61. The molecule has 0 aromatic carbocycles. The summed E-state index contributed by atoms with van der Waals surface area (Å²) in [5, 5.41) is 1.21. The highest BCUT2D eigenvalue weighted by molar-refractivity contribution is 7.18. The van der Waals surface area contributed by atoms with Gasteiger partial charge in [-0.3, -0.25) is 0 Å². The Bertz CT molecular complexity index is 853. The Labute approximate surface area is 152 Å². The number of piperazine rings is 1. The minimum Gasteiger partial charge on any atom is -0.353 e. The van der Waals surface area contributed by atoms with Crippen LogP contribution in [0.15, 0.2) is 30.5 Å². The molecule has 1 fully saturated rings. The van der Waals surface area contributed by atoms with E-state index in [0.29, 0.717) is 0 Å². The fraction of sp³-hybridized carbons (Fsp3) is 0.421. The van der Waals surface area contributed by atoms with Crippen LogP contribution in [0.1, 0.15) is 24.5 Å². The number of hydrogen-bond acceptors (Lipinski definition) is 6. The van der Waals surface area contributed by atoms with Crippen molar-refractivity contribution in [3.8, 4) is 0 Å². The maximum absolute atomic E-state index is 4.88. The first-order chi connectivity index (χ1) is 12.3. The number of anilines is 2. The van der Waals surface area contributed by atoms with E-state index in [-0.39, 0.29) is 0 Å². The van der Waals surface area contributed by atoms with E-state index in [1.165, 1.54) is 10.3 Å². The number of fused-ring (bicyclic) bond motifs is 1. The molecule has 3 aromatic rings. The van der Waals surface area contributed by atoms with Crippen LogP contribution < -0.4 is 9.80 Å². The van der Waals surface area contributed by atoms with Crippen LogP contribution >= 0.6 is 11.3 Å². The van der Waals surface area contributed by atoms with Crippen LogP contribution in [0.5, 0.6) is 0 Å². The van der Waals surface area contributed by atoms with E-state index in [0.717, 1.165) is 61.3 Å². The summed E-state index contributed by atoms with van der Waals surface area (Å²) in [4.78, 5) is 21.4. The lowest BCUT2D eigenvalue weighted by Crippen LogP contribution is -2.47. The molecule has 1 saturated heterocycles. The Morgan fingerprint density at radius 2 is 1.80 bits per heavy atom. The van der Waals surface area contributed by atoms with Crippen molar-refractivity contribution in [3.63, 3.8) is 0 Å². The number of hydrogen-bond donors (Lipinski definition) is 0. The maximum Gasteiger partial charge on any atom is 0.141 e. The number of pyridine rings is 1. The van der Waals surface area contributed by atoms with Crippen molar-refractivity contribution in [2.75, 3.05) is 36.0 Å². The van der Waals surface area contributed by atoms with Crippen LogP contribution in [0.25, 0.3) is 10.2 Å². The number of thiophene rings is 1. The highest BCUT2D eigenvalue weighted by Gasteiger charge is 2.22. The molecule has 5 nitrogen and oxygen atoms in total. The largest absolute Gasteiger partial charge is 0.353 e. The molecular weight excluding hydrogens is 330 g/mol. The normalized spacial score (nSPS) is 15.1. The Morgan fingerprint density at radius 3 is 2.48 bits per heavy atom. The molecule has 0 unspecified atom stereocenters. The van der Waals surface area contributed by atoms with Gasteiger partial charge in [0.2, 0.25) is 0 Å². The van der Waals surface area contributed by atoms with E-state index >= 15 is 0 Å². The van der Waals surface area contributed by atoms with Gasteiger partial charge in [-0.05, 0) is 24.6 Å². The van der Waals surface area contributed by atoms with E-state index in [4.69, 9.17) is 9.97 Å². The fourth-order valence-electron chi connectivity index (χ4n) is 3.26. The smallest absolute Gasteiger partial charge is 0.141 e. The average Bonchev–Trinajstić information content (AvgIpc) is 3.11. The lowest BCUT2D eigenvalue weighted by molar-refractivity contribution is 0.641. The highest BCUT2D eigenvalue weighted by Crippen LogP contribution is 2.32. The minimum absolute atomic E-state index is 0.871. The van der Waals surface area contributed by atoms with Gasteiger partial charge in [0.15, 0.2) is 0 Å². The molecule has 0 saturated carbocycles. The molecule has 1 aliphatic rings. The highest BCUT2D eigenvalue weighted by atomic mass is 32.1. The molecule has 0 atom stereocenters. The fourth-order valence-corrected chi connectivity index (χ4v) is 4.24. The van der Waals surface area contributed by atoms with Gasteiger partial charge in [-0.25, -0.2) is 15.0 Å². The van der Waals surface area contributed by atoms with Gasteiger partial charge in [-0.15, -0.1) is 11.3 Å². The summed E-state index contributed by atoms with van der Waals surface area (Å²) >= 11 is 1.80. The van der Waals surface area contributed by atoms with Crippen LogP contribution in [0.2, 0.25) is 0 Å². The predicted molar refractivity (Wildman–Crippen MR) is 105 cm³/mol. The van der Waals surface area contributed by atoms with Crippen LogP contribution in [0.4, 0.5) is 11.6 Å². The standard InChI is InChI=1S/C19H23N5S/c1-3-14-13-15-18(21-16(4-2)22-19(15)25-14)24-11-9-23(10-12-24)17-7-5-6-8-20-17/h5-8,13H,3-4,9-12H2,1-2H3. The van der Waals surface area contributed by atoms with Crippen molar-refractivity contribution in [1.29, 1.82) is 0 Å². The molecule has 0 aliphatic carbocycles. The van der Waals surface area contributed by atoms with Crippen molar-refractivity contribution < 1.29 is 0 Å². The average molecular weight is 353 g/mol. The first-order valence-corrected chi connectivity index (χ1v) is 9.80. The van der Waals surface area contributed by atoms with Gasteiger partial charge >= 0.3 is 0 Å². The second-order valence-electron chi connectivity index (χ2n) is 6.26. The third-order valence-electron chi connectivity index (χ3n) is 4.69. The summed E-state index contributed by atoms with van der Waals surface area (Å²) in [7, 11) is 0. The quantitative estimate of drug-likeness (QED) is 0.718. The van der Waals surface area contributed by atoms with E-state index in [1.807, 2.05) is 18.3 Å². The zero-order valence-corrected chi connectivity index (χ0v) is 15.6. The molecule has 1 aliphatic heterocycles. The zero-order chi connectivity index (χ0) is 17.2. The van der Waals surface area contributed by atoms with Gasteiger partial charge in [0.1, 0.15) is 22.3 Å². The lowest BCUT2D eigenvalue weighted by Gasteiger charge is -2.36. The first kappa shape index (κ1) is 16.3. The van der Waals surface area contributed by atoms with E-state index < -0.39 is 0 Å². The molecule has 4 heterocycles. The van der Waals surface area contributed by atoms with Crippen molar-refractivity contribution >= 4 is 33.2 Å². The molecule has 130 valence electrons. The van der Waals surface area contributed by atoms with Gasteiger partial charge in [0.05, 0.1) is 5.39 Å². The number of rotatable bonds is 4. The predicted octanol–water partition coefficient (Wildman–Crippen LogP) is 3.54. The van der Waals surface area contributed by atoms with Crippen molar-refractivity contribution in [2.45, 2.75) is 26.7 Å². The lowest BCUT2D eigenvalue weighted by atomic mass is 10.2. The second kappa shape index (κ2) is 6.96. The van der Waals surface area contributed by atoms with Crippen molar-refractivity contribution in [2.24, 2.45) is 0 Å². The molecule has 0 spiro atoms. The topological polar surface area (TPSA) is 45.2 Å². The Morgan fingerprint density at radius 1 is 1.00 bits per heavy atom. The molecule has 0 amide bonds. The van der Waals surface area contributed by atoms with E-state index in [9.17, 15) is 0 Å². The molecule has 0 N–H and O–H groups in total. The van der Waals surface area contributed by atoms with E-state index in [1.54, 1.807) is 11.3 Å².